The molecular weight excluding hydrogens is 598 g/mol. The van der Waals surface area contributed by atoms with E-state index in [0.717, 1.165) is 39.0 Å². The summed E-state index contributed by atoms with van der Waals surface area (Å²) in [7, 11) is -0.515. The van der Waals surface area contributed by atoms with Crippen LogP contribution in [0.3, 0.4) is 0 Å². The topological polar surface area (TPSA) is 102 Å². The van der Waals surface area contributed by atoms with Gasteiger partial charge in [0, 0.05) is 91.9 Å². The van der Waals surface area contributed by atoms with Crippen molar-refractivity contribution in [2.75, 3.05) is 80.0 Å². The van der Waals surface area contributed by atoms with E-state index in [1.807, 2.05) is 12.1 Å². The molecule has 0 amide bonds. The van der Waals surface area contributed by atoms with E-state index in [1.54, 1.807) is 0 Å². The van der Waals surface area contributed by atoms with Crippen molar-refractivity contribution in [3.63, 3.8) is 0 Å². The number of hydrogen-bond donors (Lipinski definition) is 2. The molecule has 3 rings (SSSR count). The molecule has 2 aromatic rings. The average molecular weight is 653 g/mol. The molecule has 0 saturated carbocycles. The summed E-state index contributed by atoms with van der Waals surface area (Å²) < 4.78 is 47.2. The van der Waals surface area contributed by atoms with E-state index in [2.05, 4.69) is 82.8 Å². The van der Waals surface area contributed by atoms with Crippen LogP contribution in [0.2, 0.25) is 0 Å². The van der Waals surface area contributed by atoms with Gasteiger partial charge in [0.25, 0.3) is 0 Å². The molecule has 44 heavy (non-hydrogen) atoms. The van der Waals surface area contributed by atoms with Gasteiger partial charge in [-0.15, -0.1) is 0 Å². The fourth-order valence-corrected chi connectivity index (χ4v) is 7.98. The van der Waals surface area contributed by atoms with Crippen LogP contribution in [0.1, 0.15) is 49.9 Å². The van der Waals surface area contributed by atoms with Crippen LogP contribution in [0.15, 0.2) is 60.7 Å². The third kappa shape index (κ3) is 11.4. The first-order valence-electron chi connectivity index (χ1n) is 15.6. The van der Waals surface area contributed by atoms with Gasteiger partial charge in [-0.1, -0.05) is 60.7 Å². The first-order valence-corrected chi connectivity index (χ1v) is 19.1. The SMILES string of the molecule is COP(=O)(CCN1CCN[C@@H](C)C[C@@H](c2ccccc2)N(CCP(=O)(OC)OC)CCN[C@H](C)C[C@@H]1c1ccccc1)OC. The maximum absolute atomic E-state index is 13.0. The number of hydrogen-bond acceptors (Lipinski definition) is 10. The van der Waals surface area contributed by atoms with Crippen molar-refractivity contribution >= 4 is 15.2 Å². The Balaban J connectivity index is 1.89. The van der Waals surface area contributed by atoms with Crippen LogP contribution < -0.4 is 10.6 Å². The third-order valence-electron chi connectivity index (χ3n) is 8.62. The summed E-state index contributed by atoms with van der Waals surface area (Å²) in [5.74, 6) is 0. The fourth-order valence-electron chi connectivity index (χ4n) is 5.95. The monoisotopic (exact) mass is 652 g/mol. The van der Waals surface area contributed by atoms with Crippen LogP contribution in [0.5, 0.6) is 0 Å². The highest BCUT2D eigenvalue weighted by Gasteiger charge is 2.30. The van der Waals surface area contributed by atoms with E-state index in [9.17, 15) is 9.13 Å². The van der Waals surface area contributed by atoms with Gasteiger partial charge in [-0.05, 0) is 37.8 Å². The molecule has 1 heterocycles. The fraction of sp³-hybridized carbons (Fsp3) is 0.625. The molecule has 1 aliphatic heterocycles. The molecule has 1 saturated heterocycles. The van der Waals surface area contributed by atoms with E-state index < -0.39 is 15.2 Å². The predicted molar refractivity (Wildman–Crippen MR) is 179 cm³/mol. The third-order valence-corrected chi connectivity index (χ3v) is 12.3. The van der Waals surface area contributed by atoms with Gasteiger partial charge in [0.1, 0.15) is 0 Å². The highest BCUT2D eigenvalue weighted by molar-refractivity contribution is 7.54. The lowest BCUT2D eigenvalue weighted by Gasteiger charge is -2.37. The van der Waals surface area contributed by atoms with Gasteiger partial charge in [-0.3, -0.25) is 18.9 Å². The van der Waals surface area contributed by atoms with Crippen molar-refractivity contribution in [1.82, 2.24) is 20.4 Å². The lowest BCUT2D eigenvalue weighted by atomic mass is 9.97. The molecule has 2 N–H and O–H groups in total. The van der Waals surface area contributed by atoms with Crippen LogP contribution in [0, 0.1) is 0 Å². The zero-order chi connectivity index (χ0) is 32.0. The van der Waals surface area contributed by atoms with Crippen molar-refractivity contribution in [3.05, 3.63) is 71.8 Å². The van der Waals surface area contributed by atoms with Crippen LogP contribution in [-0.2, 0) is 27.2 Å². The summed E-state index contributed by atoms with van der Waals surface area (Å²) >= 11 is 0. The Morgan fingerprint density at radius 3 is 1.30 bits per heavy atom. The zero-order valence-electron chi connectivity index (χ0n) is 27.4. The molecule has 0 spiro atoms. The predicted octanol–water partition coefficient (Wildman–Crippen LogP) is 5.79. The molecule has 4 atom stereocenters. The Kier molecular flexibility index (Phi) is 15.7. The number of benzene rings is 2. The quantitative estimate of drug-likeness (QED) is 0.274. The standard InChI is InChI=1S/C32H54N4O6P2/c1-27-25-31(29-13-9-7-10-14-29)35(21-23-43(37,39-3)40-4)20-18-34-28(2)26-32(30-15-11-8-12-16-30)36(19-17-33-27)22-24-44(38,41-5)42-6/h7-16,27-28,31-34H,17-26H2,1-6H3/t27-,28+,31-,32+. The van der Waals surface area contributed by atoms with Gasteiger partial charge in [0.15, 0.2) is 0 Å². The van der Waals surface area contributed by atoms with Gasteiger partial charge in [-0.2, -0.15) is 0 Å². The second-order valence-electron chi connectivity index (χ2n) is 11.5. The molecule has 1 fully saturated rings. The van der Waals surface area contributed by atoms with Gasteiger partial charge in [-0.25, -0.2) is 0 Å². The normalized spacial score (nSPS) is 24.1. The summed E-state index contributed by atoms with van der Waals surface area (Å²) in [4.78, 5) is 4.83. The van der Waals surface area contributed by atoms with Crippen molar-refractivity contribution in [2.24, 2.45) is 0 Å². The Morgan fingerprint density at radius 2 is 0.977 bits per heavy atom. The molecule has 1 aliphatic rings. The Morgan fingerprint density at radius 1 is 0.636 bits per heavy atom. The molecule has 2 aromatic carbocycles. The van der Waals surface area contributed by atoms with Crippen LogP contribution in [-0.4, -0.2) is 102 Å². The molecule has 248 valence electrons. The first kappa shape index (κ1) is 37.0. The summed E-state index contributed by atoms with van der Waals surface area (Å²) in [6, 6.07) is 21.7. The van der Waals surface area contributed by atoms with Crippen LogP contribution in [0.4, 0.5) is 0 Å². The summed E-state index contributed by atoms with van der Waals surface area (Å²) in [6.07, 6.45) is 2.38. The van der Waals surface area contributed by atoms with E-state index >= 15 is 0 Å². The van der Waals surface area contributed by atoms with E-state index in [4.69, 9.17) is 18.1 Å². The molecule has 10 nitrogen and oxygen atoms in total. The second-order valence-corrected chi connectivity index (χ2v) is 16.3. The van der Waals surface area contributed by atoms with Crippen molar-refractivity contribution in [2.45, 2.75) is 50.9 Å². The summed E-state index contributed by atoms with van der Waals surface area (Å²) in [6.45, 7) is 8.68. The smallest absolute Gasteiger partial charge is 0.313 e. The van der Waals surface area contributed by atoms with Crippen LogP contribution in [0.25, 0.3) is 0 Å². The Hall–Kier alpha value is -1.42. The molecule has 0 unspecified atom stereocenters. The summed E-state index contributed by atoms with van der Waals surface area (Å²) in [5.41, 5.74) is 2.46. The maximum atomic E-state index is 13.0. The number of rotatable bonds is 12. The lowest BCUT2D eigenvalue weighted by Crippen LogP contribution is -2.45. The molecular formula is C32H54N4O6P2. The number of nitrogens with one attached hydrogen (secondary N) is 2. The highest BCUT2D eigenvalue weighted by Crippen LogP contribution is 2.47. The van der Waals surface area contributed by atoms with Gasteiger partial charge in [0.05, 0.1) is 12.3 Å². The van der Waals surface area contributed by atoms with Gasteiger partial charge >= 0.3 is 15.2 Å². The lowest BCUT2D eigenvalue weighted by molar-refractivity contribution is 0.156. The number of nitrogens with zero attached hydrogens (tertiary/aromatic N) is 2. The van der Waals surface area contributed by atoms with Crippen molar-refractivity contribution in [3.8, 4) is 0 Å². The van der Waals surface area contributed by atoms with Crippen LogP contribution >= 0.6 is 15.2 Å². The largest absolute Gasteiger partial charge is 0.331 e. The second kappa shape index (κ2) is 18.7. The highest BCUT2D eigenvalue weighted by atomic mass is 31.2. The maximum Gasteiger partial charge on any atom is 0.331 e. The van der Waals surface area contributed by atoms with Crippen molar-refractivity contribution < 1.29 is 27.2 Å². The zero-order valence-corrected chi connectivity index (χ0v) is 29.2. The first-order chi connectivity index (χ1) is 21.2. The minimum Gasteiger partial charge on any atom is -0.313 e. The Labute approximate surface area is 265 Å². The molecule has 0 bridgehead atoms. The van der Waals surface area contributed by atoms with E-state index in [1.165, 1.54) is 39.6 Å². The average Bonchev–Trinajstić information content (AvgIpc) is 3.06. The van der Waals surface area contributed by atoms with E-state index in [0.29, 0.717) is 25.4 Å². The Bertz CT molecular complexity index is 1070. The minimum absolute atomic E-state index is 0.114. The molecule has 0 radical (unpaired) electrons. The minimum atomic E-state index is -3.16. The van der Waals surface area contributed by atoms with Gasteiger partial charge in [0.2, 0.25) is 0 Å². The van der Waals surface area contributed by atoms with Crippen molar-refractivity contribution in [1.29, 1.82) is 0 Å². The van der Waals surface area contributed by atoms with Gasteiger partial charge < -0.3 is 28.7 Å². The summed E-state index contributed by atoms with van der Waals surface area (Å²) in [5, 5.41) is 7.54. The molecule has 0 aromatic heterocycles. The molecule has 12 heteroatoms. The van der Waals surface area contributed by atoms with E-state index in [-0.39, 0.29) is 24.2 Å². The molecule has 0 aliphatic carbocycles.